The summed E-state index contributed by atoms with van der Waals surface area (Å²) < 4.78 is 2.17. The maximum Gasteiger partial charge on any atom is 0.329 e. The van der Waals surface area contributed by atoms with Crippen LogP contribution in [0, 0.1) is 6.92 Å². The predicted molar refractivity (Wildman–Crippen MR) is 131 cm³/mol. The summed E-state index contributed by atoms with van der Waals surface area (Å²) in [6.45, 7) is 2.98. The number of aryl methyl sites for hydroxylation is 1. The molecule has 3 aromatic carbocycles. The molecule has 0 bridgehead atoms. The third-order valence-corrected chi connectivity index (χ3v) is 6.06. The fourth-order valence-corrected chi connectivity index (χ4v) is 4.18. The number of imide groups is 1. The van der Waals surface area contributed by atoms with Crippen molar-refractivity contribution in [3.63, 3.8) is 0 Å². The van der Waals surface area contributed by atoms with Crippen molar-refractivity contribution in [2.75, 3.05) is 0 Å². The van der Waals surface area contributed by atoms with Gasteiger partial charge in [0.15, 0.2) is 0 Å². The summed E-state index contributed by atoms with van der Waals surface area (Å²) in [5.41, 5.74) is 5.47. The number of nitrogens with zero attached hydrogens (tertiary/aromatic N) is 2. The van der Waals surface area contributed by atoms with Gasteiger partial charge in [-0.2, -0.15) is 0 Å². The van der Waals surface area contributed by atoms with E-state index in [1.807, 2.05) is 36.5 Å². The summed E-state index contributed by atoms with van der Waals surface area (Å²) in [5, 5.41) is 4.36. The molecule has 0 aliphatic carbocycles. The minimum atomic E-state index is -0.426. The van der Waals surface area contributed by atoms with Crippen LogP contribution in [0.5, 0.6) is 0 Å². The monoisotopic (exact) mass is 455 g/mol. The van der Waals surface area contributed by atoms with Crippen molar-refractivity contribution >= 4 is 40.5 Å². The summed E-state index contributed by atoms with van der Waals surface area (Å²) in [7, 11) is 0. The molecular weight excluding hydrogens is 434 g/mol. The molecule has 5 nitrogen and oxygen atoms in total. The Kier molecular flexibility index (Phi) is 5.48. The number of nitrogens with one attached hydrogen (secondary N) is 1. The topological polar surface area (TPSA) is 54.3 Å². The number of aromatic nitrogens is 1. The van der Waals surface area contributed by atoms with Crippen LogP contribution in [-0.2, 0) is 17.9 Å². The third-order valence-electron chi connectivity index (χ3n) is 5.81. The minimum absolute atomic E-state index is 0.189. The van der Waals surface area contributed by atoms with Crippen LogP contribution in [0.15, 0.2) is 84.7 Å². The summed E-state index contributed by atoms with van der Waals surface area (Å²) in [4.78, 5) is 26.7. The highest BCUT2D eigenvalue weighted by molar-refractivity contribution is 6.30. The second kappa shape index (κ2) is 8.60. The van der Waals surface area contributed by atoms with Crippen molar-refractivity contribution in [1.29, 1.82) is 0 Å². The van der Waals surface area contributed by atoms with Crippen LogP contribution in [0.1, 0.15) is 22.3 Å². The molecule has 1 aromatic heterocycles. The van der Waals surface area contributed by atoms with Crippen molar-refractivity contribution in [1.82, 2.24) is 14.8 Å². The second-order valence-electron chi connectivity index (χ2n) is 8.22. The molecule has 1 aliphatic heterocycles. The Labute approximate surface area is 196 Å². The van der Waals surface area contributed by atoms with E-state index in [-0.39, 0.29) is 18.1 Å². The van der Waals surface area contributed by atoms with Gasteiger partial charge < -0.3 is 9.88 Å². The first-order chi connectivity index (χ1) is 16.0. The van der Waals surface area contributed by atoms with E-state index in [1.54, 1.807) is 18.2 Å². The molecule has 4 aromatic rings. The molecule has 0 unspecified atom stereocenters. The zero-order valence-corrected chi connectivity index (χ0v) is 18.8. The van der Waals surface area contributed by atoms with Crippen LogP contribution in [0.25, 0.3) is 17.0 Å². The van der Waals surface area contributed by atoms with Gasteiger partial charge in [-0.05, 0) is 42.3 Å². The number of carbonyl (C=O) groups excluding carboxylic acids is 2. The zero-order valence-electron chi connectivity index (χ0n) is 18.1. The molecule has 0 radical (unpaired) electrons. The molecule has 5 rings (SSSR count). The van der Waals surface area contributed by atoms with Gasteiger partial charge in [-0.15, -0.1) is 0 Å². The lowest BCUT2D eigenvalue weighted by Gasteiger charge is -2.11. The van der Waals surface area contributed by atoms with Gasteiger partial charge in [0, 0.05) is 34.2 Å². The van der Waals surface area contributed by atoms with Gasteiger partial charge in [0.2, 0.25) is 0 Å². The van der Waals surface area contributed by atoms with Gasteiger partial charge in [0.05, 0.1) is 6.54 Å². The van der Waals surface area contributed by atoms with Crippen molar-refractivity contribution in [3.8, 4) is 0 Å². The Morgan fingerprint density at radius 3 is 2.30 bits per heavy atom. The van der Waals surface area contributed by atoms with E-state index in [0.29, 0.717) is 11.6 Å². The fraction of sp³-hybridized carbons (Fsp3) is 0.111. The number of carbonyl (C=O) groups is 2. The molecular formula is C27H22ClN3O2. The maximum absolute atomic E-state index is 13.0. The minimum Gasteiger partial charge on any atom is -0.342 e. The highest BCUT2D eigenvalue weighted by atomic mass is 35.5. The average molecular weight is 456 g/mol. The molecule has 1 N–H and O–H groups in total. The molecule has 0 saturated carbocycles. The predicted octanol–water partition coefficient (Wildman–Crippen LogP) is 5.74. The van der Waals surface area contributed by atoms with Gasteiger partial charge in [-0.25, -0.2) is 4.79 Å². The van der Waals surface area contributed by atoms with Crippen LogP contribution >= 0.6 is 11.6 Å². The van der Waals surface area contributed by atoms with E-state index in [2.05, 4.69) is 47.1 Å². The Morgan fingerprint density at radius 2 is 1.55 bits per heavy atom. The number of urea groups is 1. The van der Waals surface area contributed by atoms with E-state index < -0.39 is 6.03 Å². The zero-order chi connectivity index (χ0) is 22.9. The Hall–Kier alpha value is -3.83. The maximum atomic E-state index is 13.0. The van der Waals surface area contributed by atoms with E-state index in [1.165, 1.54) is 16.0 Å². The first-order valence-electron chi connectivity index (χ1n) is 10.7. The van der Waals surface area contributed by atoms with E-state index in [9.17, 15) is 9.59 Å². The number of rotatable bonds is 5. The summed E-state index contributed by atoms with van der Waals surface area (Å²) in [6.07, 6.45) is 3.79. The molecule has 0 spiro atoms. The molecule has 2 heterocycles. The lowest BCUT2D eigenvalue weighted by Crippen LogP contribution is -2.30. The number of hydrogen-bond acceptors (Lipinski definition) is 2. The Bertz CT molecular complexity index is 1390. The van der Waals surface area contributed by atoms with Crippen molar-refractivity contribution < 1.29 is 9.59 Å². The number of benzene rings is 3. The lowest BCUT2D eigenvalue weighted by molar-refractivity contribution is -0.123. The molecule has 164 valence electrons. The molecule has 3 amide bonds. The second-order valence-corrected chi connectivity index (χ2v) is 8.66. The number of amides is 3. The van der Waals surface area contributed by atoms with Crippen LogP contribution in [0.3, 0.4) is 0 Å². The number of fused-ring (bicyclic) bond motifs is 1. The largest absolute Gasteiger partial charge is 0.342 e. The van der Waals surface area contributed by atoms with E-state index >= 15 is 0 Å². The van der Waals surface area contributed by atoms with Crippen molar-refractivity contribution in [3.05, 3.63) is 112 Å². The summed E-state index contributed by atoms with van der Waals surface area (Å²) >= 11 is 5.94. The molecule has 0 atom stereocenters. The molecule has 1 aliphatic rings. The molecule has 33 heavy (non-hydrogen) atoms. The van der Waals surface area contributed by atoms with Gasteiger partial charge in [0.25, 0.3) is 5.91 Å². The van der Waals surface area contributed by atoms with Gasteiger partial charge in [-0.1, -0.05) is 71.8 Å². The standard InChI is InChI=1S/C27H22ClN3O2/c1-18-6-8-19(9-7-18)15-30-17-21(23-4-2-3-5-25(23)30)14-24-26(32)31(27(33)29-24)16-20-10-12-22(28)13-11-20/h2-14,17H,15-16H2,1H3,(H,29,33). The SMILES string of the molecule is Cc1ccc(Cn2cc(C=C3NC(=O)N(Cc4ccc(Cl)cc4)C3=O)c3ccccc32)cc1. The first kappa shape index (κ1) is 21.0. The van der Waals surface area contributed by atoms with Crippen LogP contribution in [-0.4, -0.2) is 21.4 Å². The van der Waals surface area contributed by atoms with E-state index in [4.69, 9.17) is 11.6 Å². The first-order valence-corrected chi connectivity index (χ1v) is 11.1. The van der Waals surface area contributed by atoms with Gasteiger partial charge in [0.1, 0.15) is 5.70 Å². The normalized spacial score (nSPS) is 15.0. The fourth-order valence-electron chi connectivity index (χ4n) is 4.05. The average Bonchev–Trinajstić information content (AvgIpc) is 3.29. The molecule has 6 heteroatoms. The van der Waals surface area contributed by atoms with Crippen LogP contribution < -0.4 is 5.32 Å². The molecule has 1 saturated heterocycles. The lowest BCUT2D eigenvalue weighted by atomic mass is 10.1. The number of para-hydroxylation sites is 1. The summed E-state index contributed by atoms with van der Waals surface area (Å²) in [5.74, 6) is -0.342. The summed E-state index contributed by atoms with van der Waals surface area (Å²) in [6, 6.07) is 23.2. The molecule has 1 fully saturated rings. The Balaban J connectivity index is 1.45. The van der Waals surface area contributed by atoms with Crippen molar-refractivity contribution in [2.45, 2.75) is 20.0 Å². The van der Waals surface area contributed by atoms with Crippen LogP contribution in [0.2, 0.25) is 5.02 Å². The highest BCUT2D eigenvalue weighted by Crippen LogP contribution is 2.26. The van der Waals surface area contributed by atoms with Crippen molar-refractivity contribution in [2.24, 2.45) is 0 Å². The van der Waals surface area contributed by atoms with Gasteiger partial charge in [-0.3, -0.25) is 9.69 Å². The highest BCUT2D eigenvalue weighted by Gasteiger charge is 2.33. The third kappa shape index (κ3) is 4.28. The smallest absolute Gasteiger partial charge is 0.329 e. The van der Waals surface area contributed by atoms with E-state index in [0.717, 1.165) is 22.0 Å². The number of halogens is 1. The van der Waals surface area contributed by atoms with Gasteiger partial charge >= 0.3 is 6.03 Å². The Morgan fingerprint density at radius 1 is 0.879 bits per heavy atom. The van der Waals surface area contributed by atoms with Crippen LogP contribution in [0.4, 0.5) is 4.79 Å². The quantitative estimate of drug-likeness (QED) is 0.308. The number of hydrogen-bond donors (Lipinski definition) is 1.